The Morgan fingerprint density at radius 3 is 3.00 bits per heavy atom. The lowest BCUT2D eigenvalue weighted by Crippen LogP contribution is -2.28. The van der Waals surface area contributed by atoms with Crippen LogP contribution < -0.4 is 5.73 Å². The molecule has 0 radical (unpaired) electrons. The fourth-order valence-corrected chi connectivity index (χ4v) is 2.35. The van der Waals surface area contributed by atoms with Gasteiger partial charge in [-0.3, -0.25) is 0 Å². The van der Waals surface area contributed by atoms with Crippen molar-refractivity contribution in [1.82, 2.24) is 15.0 Å². The van der Waals surface area contributed by atoms with Gasteiger partial charge in [0, 0.05) is 25.4 Å². The predicted molar refractivity (Wildman–Crippen MR) is 65.6 cm³/mol. The van der Waals surface area contributed by atoms with Gasteiger partial charge in [-0.1, -0.05) is 5.16 Å². The Kier molecular flexibility index (Phi) is 4.12. The van der Waals surface area contributed by atoms with Crippen LogP contribution in [0.15, 0.2) is 4.52 Å². The summed E-state index contributed by atoms with van der Waals surface area (Å²) in [5, 5.41) is 3.92. The van der Waals surface area contributed by atoms with Gasteiger partial charge < -0.3 is 15.2 Å². The van der Waals surface area contributed by atoms with Crippen LogP contribution in [-0.4, -0.2) is 40.7 Å². The van der Waals surface area contributed by atoms with Gasteiger partial charge in [-0.25, -0.2) is 0 Å². The summed E-state index contributed by atoms with van der Waals surface area (Å²) in [6.45, 7) is 7.39. The number of hydrogen-bond donors (Lipinski definition) is 1. The van der Waals surface area contributed by atoms with E-state index in [1.807, 2.05) is 0 Å². The highest BCUT2D eigenvalue weighted by molar-refractivity contribution is 4.91. The third kappa shape index (κ3) is 3.26. The number of hydrogen-bond acceptors (Lipinski definition) is 5. The quantitative estimate of drug-likeness (QED) is 0.823. The first-order valence-corrected chi connectivity index (χ1v) is 6.44. The number of nitrogens with zero attached hydrogens (tertiary/aromatic N) is 3. The Morgan fingerprint density at radius 1 is 1.53 bits per heavy atom. The molecule has 1 aromatic rings. The van der Waals surface area contributed by atoms with Crippen molar-refractivity contribution in [2.75, 3.05) is 19.6 Å². The van der Waals surface area contributed by atoms with E-state index in [-0.39, 0.29) is 0 Å². The van der Waals surface area contributed by atoms with Crippen LogP contribution in [0.5, 0.6) is 0 Å². The van der Waals surface area contributed by atoms with Crippen molar-refractivity contribution in [3.05, 3.63) is 11.7 Å². The number of nitrogens with two attached hydrogens (primary N) is 1. The molecule has 5 nitrogen and oxygen atoms in total. The van der Waals surface area contributed by atoms with E-state index in [1.165, 1.54) is 13.0 Å². The summed E-state index contributed by atoms with van der Waals surface area (Å²) in [5.41, 5.74) is 5.46. The largest absolute Gasteiger partial charge is 0.339 e. The third-order valence-corrected chi connectivity index (χ3v) is 3.39. The molecule has 2 heterocycles. The van der Waals surface area contributed by atoms with Gasteiger partial charge in [0.25, 0.3) is 0 Å². The molecule has 2 N–H and O–H groups in total. The van der Waals surface area contributed by atoms with Crippen molar-refractivity contribution < 1.29 is 4.52 Å². The summed E-state index contributed by atoms with van der Waals surface area (Å²) in [7, 11) is 0. The molecule has 1 unspecified atom stereocenters. The smallest absolute Gasteiger partial charge is 0.226 e. The van der Waals surface area contributed by atoms with E-state index in [0.717, 1.165) is 24.7 Å². The zero-order chi connectivity index (χ0) is 12.3. The molecule has 1 atom stereocenters. The van der Waals surface area contributed by atoms with Crippen LogP contribution in [0.1, 0.15) is 32.0 Å². The Labute approximate surface area is 102 Å². The van der Waals surface area contributed by atoms with E-state index in [4.69, 9.17) is 10.3 Å². The van der Waals surface area contributed by atoms with Gasteiger partial charge in [-0.05, 0) is 39.3 Å². The second-order valence-electron chi connectivity index (χ2n) is 5.09. The van der Waals surface area contributed by atoms with Gasteiger partial charge in [-0.2, -0.15) is 4.98 Å². The van der Waals surface area contributed by atoms with Crippen LogP contribution >= 0.6 is 0 Å². The first-order valence-electron chi connectivity index (χ1n) is 6.44. The minimum absolute atomic E-state index is 0.573. The molecule has 0 amide bonds. The molecule has 17 heavy (non-hydrogen) atoms. The zero-order valence-electron chi connectivity index (χ0n) is 10.7. The molecule has 1 aromatic heterocycles. The van der Waals surface area contributed by atoms with Crippen LogP contribution in [0.4, 0.5) is 0 Å². The molecule has 2 rings (SSSR count). The summed E-state index contributed by atoms with van der Waals surface area (Å²) in [4.78, 5) is 6.86. The van der Waals surface area contributed by atoms with Crippen molar-refractivity contribution in [2.24, 2.45) is 11.7 Å². The fraction of sp³-hybridized carbons (Fsp3) is 0.833. The van der Waals surface area contributed by atoms with Gasteiger partial charge in [0.1, 0.15) is 0 Å². The summed E-state index contributed by atoms with van der Waals surface area (Å²) in [6, 6.07) is 0.635. The van der Waals surface area contributed by atoms with E-state index < -0.39 is 0 Å². The molecule has 1 aliphatic rings. The average Bonchev–Trinajstić information content (AvgIpc) is 2.89. The molecule has 0 aliphatic carbocycles. The lowest BCUT2D eigenvalue weighted by atomic mass is 10.1. The van der Waals surface area contributed by atoms with Crippen LogP contribution in [-0.2, 0) is 12.8 Å². The van der Waals surface area contributed by atoms with Crippen LogP contribution in [0.2, 0.25) is 0 Å². The summed E-state index contributed by atoms with van der Waals surface area (Å²) >= 11 is 0. The van der Waals surface area contributed by atoms with Gasteiger partial charge in [0.2, 0.25) is 5.89 Å². The Morgan fingerprint density at radius 2 is 2.35 bits per heavy atom. The topological polar surface area (TPSA) is 68.2 Å². The summed E-state index contributed by atoms with van der Waals surface area (Å²) in [5.74, 6) is 2.16. The molecule has 0 bridgehead atoms. The van der Waals surface area contributed by atoms with E-state index in [2.05, 4.69) is 28.9 Å². The SMILES string of the molecule is CC(C)N1CCC(Cc2nc(CCN)no2)C1. The standard InChI is InChI=1S/C12H22N4O/c1-9(2)16-6-4-10(8-16)7-12-14-11(3-5-13)15-17-12/h9-10H,3-8,13H2,1-2H3. The second-order valence-corrected chi connectivity index (χ2v) is 5.09. The summed E-state index contributed by atoms with van der Waals surface area (Å²) in [6.07, 6.45) is 2.83. The number of aromatic nitrogens is 2. The third-order valence-electron chi connectivity index (χ3n) is 3.39. The van der Waals surface area contributed by atoms with E-state index in [9.17, 15) is 0 Å². The van der Waals surface area contributed by atoms with Gasteiger partial charge in [-0.15, -0.1) is 0 Å². The lowest BCUT2D eigenvalue weighted by molar-refractivity contribution is 0.260. The van der Waals surface area contributed by atoms with Gasteiger partial charge in [0.05, 0.1) is 0 Å². The fourth-order valence-electron chi connectivity index (χ4n) is 2.35. The molecule has 1 saturated heterocycles. The van der Waals surface area contributed by atoms with Crippen molar-refractivity contribution in [3.8, 4) is 0 Å². The molecular weight excluding hydrogens is 216 g/mol. The van der Waals surface area contributed by atoms with Crippen molar-refractivity contribution in [2.45, 2.75) is 39.2 Å². The lowest BCUT2D eigenvalue weighted by Gasteiger charge is -2.19. The van der Waals surface area contributed by atoms with Crippen molar-refractivity contribution >= 4 is 0 Å². The van der Waals surface area contributed by atoms with Crippen LogP contribution in [0.25, 0.3) is 0 Å². The molecule has 1 fully saturated rings. The molecular formula is C12H22N4O. The first kappa shape index (κ1) is 12.5. The minimum Gasteiger partial charge on any atom is -0.339 e. The predicted octanol–water partition coefficient (Wildman–Crippen LogP) is 0.844. The highest BCUT2D eigenvalue weighted by Gasteiger charge is 2.25. The normalized spacial score (nSPS) is 21.5. The Bertz CT molecular complexity index is 350. The van der Waals surface area contributed by atoms with E-state index in [0.29, 0.717) is 24.9 Å². The molecule has 0 aromatic carbocycles. The monoisotopic (exact) mass is 238 g/mol. The number of rotatable bonds is 5. The molecule has 96 valence electrons. The average molecular weight is 238 g/mol. The maximum absolute atomic E-state index is 5.46. The van der Waals surface area contributed by atoms with Crippen LogP contribution in [0, 0.1) is 5.92 Å². The molecule has 0 spiro atoms. The molecule has 1 aliphatic heterocycles. The maximum atomic E-state index is 5.46. The number of likely N-dealkylation sites (tertiary alicyclic amines) is 1. The second kappa shape index (κ2) is 5.60. The van der Waals surface area contributed by atoms with Gasteiger partial charge >= 0.3 is 0 Å². The maximum Gasteiger partial charge on any atom is 0.226 e. The Balaban J connectivity index is 1.84. The summed E-state index contributed by atoms with van der Waals surface area (Å²) < 4.78 is 5.24. The van der Waals surface area contributed by atoms with Crippen LogP contribution in [0.3, 0.4) is 0 Å². The minimum atomic E-state index is 0.573. The van der Waals surface area contributed by atoms with Gasteiger partial charge in [0.15, 0.2) is 5.82 Å². The van der Waals surface area contributed by atoms with E-state index >= 15 is 0 Å². The highest BCUT2D eigenvalue weighted by Crippen LogP contribution is 2.21. The zero-order valence-corrected chi connectivity index (χ0v) is 10.7. The van der Waals surface area contributed by atoms with Crippen molar-refractivity contribution in [1.29, 1.82) is 0 Å². The highest BCUT2D eigenvalue weighted by atomic mass is 16.5. The van der Waals surface area contributed by atoms with Crippen molar-refractivity contribution in [3.63, 3.8) is 0 Å². The van der Waals surface area contributed by atoms with E-state index in [1.54, 1.807) is 0 Å². The molecule has 0 saturated carbocycles. The molecule has 5 heteroatoms. The Hall–Kier alpha value is -0.940. The first-order chi connectivity index (χ1) is 8.19.